The van der Waals surface area contributed by atoms with Crippen LogP contribution in [-0.2, 0) is 16.1 Å². The first-order valence-electron chi connectivity index (χ1n) is 6.02. The van der Waals surface area contributed by atoms with Crippen molar-refractivity contribution in [3.05, 3.63) is 23.0 Å². The first-order chi connectivity index (χ1) is 9.35. The molecule has 0 aliphatic heterocycles. The van der Waals surface area contributed by atoms with Gasteiger partial charge in [0.05, 0.1) is 11.4 Å². The van der Waals surface area contributed by atoms with Crippen LogP contribution in [0.2, 0.25) is 5.02 Å². The van der Waals surface area contributed by atoms with Crippen molar-refractivity contribution in [2.75, 3.05) is 0 Å². The number of aromatic nitrogens is 1. The van der Waals surface area contributed by atoms with Gasteiger partial charge in [0, 0.05) is 12.7 Å². The Bertz CT molecular complexity index is 527. The number of aryl methyl sites for hydroxylation is 1. The highest BCUT2D eigenvalue weighted by Crippen LogP contribution is 2.15. The summed E-state index contributed by atoms with van der Waals surface area (Å²) in [4.78, 5) is 33.8. The highest BCUT2D eigenvalue weighted by Gasteiger charge is 2.24. The van der Waals surface area contributed by atoms with Crippen molar-refractivity contribution in [1.82, 2.24) is 9.88 Å². The highest BCUT2D eigenvalue weighted by molar-refractivity contribution is 6.31. The molecular formula is C12H16ClN3O4. The van der Waals surface area contributed by atoms with E-state index in [2.05, 4.69) is 5.32 Å². The summed E-state index contributed by atoms with van der Waals surface area (Å²) in [5, 5.41) is 11.6. The van der Waals surface area contributed by atoms with E-state index in [9.17, 15) is 14.4 Å². The van der Waals surface area contributed by atoms with Crippen molar-refractivity contribution >= 4 is 29.4 Å². The van der Waals surface area contributed by atoms with Gasteiger partial charge in [-0.3, -0.25) is 9.59 Å². The van der Waals surface area contributed by atoms with Gasteiger partial charge in [-0.15, -0.1) is 0 Å². The molecule has 1 aromatic rings. The fourth-order valence-electron chi connectivity index (χ4n) is 1.72. The van der Waals surface area contributed by atoms with Crippen molar-refractivity contribution in [3.8, 4) is 0 Å². The maximum atomic E-state index is 12.0. The normalized spacial score (nSPS) is 11.9. The van der Waals surface area contributed by atoms with Crippen LogP contribution in [0.25, 0.3) is 0 Å². The Kier molecular flexibility index (Phi) is 5.57. The smallest absolute Gasteiger partial charge is 0.326 e. The van der Waals surface area contributed by atoms with E-state index in [-0.39, 0.29) is 5.69 Å². The second-order valence-corrected chi connectivity index (χ2v) is 4.71. The molecule has 0 saturated carbocycles. The van der Waals surface area contributed by atoms with Gasteiger partial charge in [0.25, 0.3) is 5.91 Å². The number of aliphatic carboxylic acids is 1. The predicted molar refractivity (Wildman–Crippen MR) is 72.4 cm³/mol. The molecule has 8 heteroatoms. The summed E-state index contributed by atoms with van der Waals surface area (Å²) >= 11 is 5.84. The monoisotopic (exact) mass is 301 g/mol. The number of nitrogens with two attached hydrogens (primary N) is 1. The largest absolute Gasteiger partial charge is 0.480 e. The highest BCUT2D eigenvalue weighted by atomic mass is 35.5. The number of carboxylic acids is 1. The van der Waals surface area contributed by atoms with Gasteiger partial charge in [-0.2, -0.15) is 0 Å². The number of amides is 2. The third kappa shape index (κ3) is 4.27. The minimum Gasteiger partial charge on any atom is -0.480 e. The topological polar surface area (TPSA) is 114 Å². The van der Waals surface area contributed by atoms with Gasteiger partial charge in [-0.25, -0.2) is 4.79 Å². The number of halogens is 1. The molecule has 4 N–H and O–H groups in total. The molecule has 0 radical (unpaired) electrons. The maximum absolute atomic E-state index is 12.0. The van der Waals surface area contributed by atoms with E-state index in [1.807, 2.05) is 6.92 Å². The molecule has 1 heterocycles. The number of nitrogens with zero attached hydrogens (tertiary/aromatic N) is 1. The lowest BCUT2D eigenvalue weighted by atomic mass is 10.2. The molecule has 1 atom stereocenters. The Hall–Kier alpha value is -2.02. The van der Waals surface area contributed by atoms with Crippen molar-refractivity contribution < 1.29 is 19.5 Å². The molecular weight excluding hydrogens is 286 g/mol. The summed E-state index contributed by atoms with van der Waals surface area (Å²) in [7, 11) is 0. The molecule has 0 bridgehead atoms. The lowest BCUT2D eigenvalue weighted by Gasteiger charge is -2.14. The quantitative estimate of drug-likeness (QED) is 0.684. The second-order valence-electron chi connectivity index (χ2n) is 4.27. The fraction of sp³-hybridized carbons (Fsp3) is 0.417. The van der Waals surface area contributed by atoms with Crippen molar-refractivity contribution in [2.45, 2.75) is 32.4 Å². The zero-order chi connectivity index (χ0) is 15.3. The molecule has 1 aromatic heterocycles. The van der Waals surface area contributed by atoms with Gasteiger partial charge in [0.1, 0.15) is 11.7 Å². The zero-order valence-corrected chi connectivity index (χ0v) is 11.7. The van der Waals surface area contributed by atoms with Crippen LogP contribution in [0, 0.1) is 0 Å². The molecule has 2 amide bonds. The van der Waals surface area contributed by atoms with Gasteiger partial charge in [0.2, 0.25) is 5.91 Å². The minimum absolute atomic E-state index is 0.243. The third-order valence-corrected chi connectivity index (χ3v) is 2.78. The SMILES string of the molecule is CCCn1cc(Cl)cc1C(=O)N[C@H](CC(N)=O)C(=O)O. The Balaban J connectivity index is 2.88. The molecule has 0 aliphatic carbocycles. The van der Waals surface area contributed by atoms with Crippen LogP contribution in [0.1, 0.15) is 30.3 Å². The molecule has 0 fully saturated rings. The fourth-order valence-corrected chi connectivity index (χ4v) is 1.95. The summed E-state index contributed by atoms with van der Waals surface area (Å²) in [6.45, 7) is 2.51. The summed E-state index contributed by atoms with van der Waals surface area (Å²) in [5.41, 5.74) is 5.19. The number of nitrogens with one attached hydrogen (secondary N) is 1. The predicted octanol–water partition coefficient (Wildman–Crippen LogP) is 0.610. The number of carboxylic acid groups (broad SMARTS) is 1. The van der Waals surface area contributed by atoms with Crippen molar-refractivity contribution in [3.63, 3.8) is 0 Å². The van der Waals surface area contributed by atoms with Gasteiger partial charge in [-0.1, -0.05) is 18.5 Å². The number of primary amides is 1. The van der Waals surface area contributed by atoms with E-state index in [0.29, 0.717) is 11.6 Å². The Morgan fingerprint density at radius 3 is 2.65 bits per heavy atom. The molecule has 110 valence electrons. The van der Waals surface area contributed by atoms with Gasteiger partial charge in [0.15, 0.2) is 0 Å². The van der Waals surface area contributed by atoms with Crippen LogP contribution >= 0.6 is 11.6 Å². The van der Waals surface area contributed by atoms with Crippen LogP contribution < -0.4 is 11.1 Å². The summed E-state index contributed by atoms with van der Waals surface area (Å²) in [6, 6.07) is 0.0826. The van der Waals surface area contributed by atoms with E-state index in [4.69, 9.17) is 22.4 Å². The van der Waals surface area contributed by atoms with Gasteiger partial charge < -0.3 is 20.7 Å². The first kappa shape index (κ1) is 16.0. The van der Waals surface area contributed by atoms with E-state index in [1.165, 1.54) is 6.07 Å². The zero-order valence-electron chi connectivity index (χ0n) is 10.9. The van der Waals surface area contributed by atoms with Crippen LogP contribution in [0.4, 0.5) is 0 Å². The van der Waals surface area contributed by atoms with Gasteiger partial charge >= 0.3 is 5.97 Å². The van der Waals surface area contributed by atoms with E-state index in [0.717, 1.165) is 6.42 Å². The van der Waals surface area contributed by atoms with Crippen LogP contribution in [0.3, 0.4) is 0 Å². The lowest BCUT2D eigenvalue weighted by Crippen LogP contribution is -2.43. The third-order valence-electron chi connectivity index (χ3n) is 2.57. The molecule has 1 rings (SSSR count). The average Bonchev–Trinajstić information content (AvgIpc) is 2.69. The summed E-state index contributed by atoms with van der Waals surface area (Å²) < 4.78 is 1.63. The van der Waals surface area contributed by atoms with E-state index < -0.39 is 30.2 Å². The number of hydrogen-bond acceptors (Lipinski definition) is 3. The van der Waals surface area contributed by atoms with Gasteiger partial charge in [-0.05, 0) is 12.5 Å². The Morgan fingerprint density at radius 1 is 1.50 bits per heavy atom. The second kappa shape index (κ2) is 6.95. The number of carbonyl (C=O) groups is 3. The lowest BCUT2D eigenvalue weighted by molar-refractivity contribution is -0.140. The molecule has 0 spiro atoms. The first-order valence-corrected chi connectivity index (χ1v) is 6.40. The number of carbonyl (C=O) groups excluding carboxylic acids is 2. The Morgan fingerprint density at radius 2 is 2.15 bits per heavy atom. The Labute approximate surface area is 120 Å². The summed E-state index contributed by atoms with van der Waals surface area (Å²) in [5.74, 6) is -2.74. The van der Waals surface area contributed by atoms with Crippen molar-refractivity contribution in [1.29, 1.82) is 0 Å². The molecule has 7 nitrogen and oxygen atoms in total. The van der Waals surface area contributed by atoms with Crippen LogP contribution in [0.5, 0.6) is 0 Å². The number of rotatable bonds is 7. The molecule has 0 aliphatic rings. The standard InChI is InChI=1S/C12H16ClN3O4/c1-2-3-16-6-7(13)4-9(16)11(18)15-8(12(19)20)5-10(14)17/h4,6,8H,2-3,5H2,1H3,(H2,14,17)(H,15,18)(H,19,20)/t8-/m1/s1. The minimum atomic E-state index is -1.36. The molecule has 0 unspecified atom stereocenters. The molecule has 20 heavy (non-hydrogen) atoms. The molecule has 0 aromatic carbocycles. The average molecular weight is 302 g/mol. The summed E-state index contributed by atoms with van der Waals surface area (Å²) in [6.07, 6.45) is 1.90. The van der Waals surface area contributed by atoms with E-state index in [1.54, 1.807) is 10.8 Å². The maximum Gasteiger partial charge on any atom is 0.326 e. The van der Waals surface area contributed by atoms with E-state index >= 15 is 0 Å². The molecule has 0 saturated heterocycles. The number of hydrogen-bond donors (Lipinski definition) is 3. The van der Waals surface area contributed by atoms with Crippen molar-refractivity contribution in [2.24, 2.45) is 5.73 Å². The van der Waals surface area contributed by atoms with Crippen LogP contribution in [0.15, 0.2) is 12.3 Å². The van der Waals surface area contributed by atoms with Crippen LogP contribution in [-0.4, -0.2) is 33.5 Å².